The molecular formula is C21H19N5O2S. The molecular weight excluding hydrogens is 386 g/mol. The van der Waals surface area contributed by atoms with E-state index in [9.17, 15) is 8.42 Å². The third-order valence-corrected chi connectivity index (χ3v) is 6.10. The van der Waals surface area contributed by atoms with E-state index in [1.807, 2.05) is 40.9 Å². The van der Waals surface area contributed by atoms with Crippen molar-refractivity contribution in [3.8, 4) is 11.1 Å². The van der Waals surface area contributed by atoms with Crippen LogP contribution in [0, 0.1) is 13.8 Å². The van der Waals surface area contributed by atoms with Crippen LogP contribution in [0.5, 0.6) is 0 Å². The fourth-order valence-corrected chi connectivity index (χ4v) is 4.50. The lowest BCUT2D eigenvalue weighted by molar-refractivity contribution is 0.583. The lowest BCUT2D eigenvalue weighted by Crippen LogP contribution is -2.20. The molecule has 0 amide bonds. The van der Waals surface area contributed by atoms with Crippen LogP contribution >= 0.6 is 0 Å². The Kier molecular flexibility index (Phi) is 4.85. The van der Waals surface area contributed by atoms with Gasteiger partial charge in [0.1, 0.15) is 5.65 Å². The van der Waals surface area contributed by atoms with Crippen molar-refractivity contribution in [3.05, 3.63) is 84.1 Å². The number of nitrogens with one attached hydrogen (secondary N) is 1. The Morgan fingerprint density at radius 3 is 2.52 bits per heavy atom. The second kappa shape index (κ2) is 7.48. The number of imidazole rings is 1. The number of aromatic nitrogens is 3. The minimum Gasteiger partial charge on any atom is -0.298 e. The molecule has 0 aliphatic rings. The molecule has 0 saturated heterocycles. The second-order valence-corrected chi connectivity index (χ2v) is 8.24. The molecule has 8 heteroatoms. The van der Waals surface area contributed by atoms with Crippen LogP contribution in [-0.4, -0.2) is 29.0 Å². The van der Waals surface area contributed by atoms with Crippen molar-refractivity contribution in [2.45, 2.75) is 18.7 Å². The molecule has 0 spiro atoms. The molecule has 0 aliphatic carbocycles. The van der Waals surface area contributed by atoms with Crippen molar-refractivity contribution in [2.24, 2.45) is 5.10 Å². The highest BCUT2D eigenvalue weighted by atomic mass is 32.2. The van der Waals surface area contributed by atoms with E-state index in [-0.39, 0.29) is 4.90 Å². The fourth-order valence-electron chi connectivity index (χ4n) is 3.23. The van der Waals surface area contributed by atoms with Gasteiger partial charge in [0.2, 0.25) is 0 Å². The van der Waals surface area contributed by atoms with Gasteiger partial charge >= 0.3 is 0 Å². The van der Waals surface area contributed by atoms with E-state index in [0.717, 1.165) is 16.8 Å². The summed E-state index contributed by atoms with van der Waals surface area (Å²) < 4.78 is 27.1. The lowest BCUT2D eigenvalue weighted by atomic mass is 10.1. The molecule has 0 atom stereocenters. The summed E-state index contributed by atoms with van der Waals surface area (Å²) in [5.74, 6) is 0. The van der Waals surface area contributed by atoms with E-state index < -0.39 is 10.0 Å². The van der Waals surface area contributed by atoms with Gasteiger partial charge in [0.25, 0.3) is 10.0 Å². The van der Waals surface area contributed by atoms with Gasteiger partial charge in [-0.15, -0.1) is 0 Å². The summed E-state index contributed by atoms with van der Waals surface area (Å²) in [7, 11) is -3.77. The topological polar surface area (TPSA) is 88.7 Å². The number of fused-ring (bicyclic) bond motifs is 1. The normalized spacial score (nSPS) is 11.9. The Labute approximate surface area is 168 Å². The summed E-state index contributed by atoms with van der Waals surface area (Å²) in [4.78, 5) is 11.0. The summed E-state index contributed by atoms with van der Waals surface area (Å²) >= 11 is 0. The maximum Gasteiger partial charge on any atom is 0.277 e. The molecule has 4 aromatic rings. The third kappa shape index (κ3) is 3.74. The molecule has 0 saturated carbocycles. The van der Waals surface area contributed by atoms with Gasteiger partial charge in [-0.2, -0.15) is 18.4 Å². The highest BCUT2D eigenvalue weighted by Crippen LogP contribution is 2.20. The zero-order valence-corrected chi connectivity index (χ0v) is 16.8. The average molecular weight is 405 g/mol. The number of nitrogens with zero attached hydrogens (tertiary/aromatic N) is 4. The molecule has 0 bridgehead atoms. The number of hydrazone groups is 1. The Morgan fingerprint density at radius 1 is 1.00 bits per heavy atom. The minimum absolute atomic E-state index is 0.245. The van der Waals surface area contributed by atoms with E-state index in [1.165, 1.54) is 6.21 Å². The van der Waals surface area contributed by atoms with Gasteiger partial charge in [0, 0.05) is 29.7 Å². The number of hydrogen-bond donors (Lipinski definition) is 1. The molecule has 0 aliphatic heterocycles. The minimum atomic E-state index is -3.77. The maximum atomic E-state index is 12.7. The van der Waals surface area contributed by atoms with Crippen molar-refractivity contribution in [2.75, 3.05) is 0 Å². The maximum absolute atomic E-state index is 12.7. The van der Waals surface area contributed by atoms with Gasteiger partial charge in [0.15, 0.2) is 0 Å². The summed E-state index contributed by atoms with van der Waals surface area (Å²) in [6.45, 7) is 3.52. The molecule has 29 heavy (non-hydrogen) atoms. The van der Waals surface area contributed by atoms with E-state index in [4.69, 9.17) is 0 Å². The van der Waals surface area contributed by atoms with E-state index in [1.54, 1.807) is 44.6 Å². The lowest BCUT2D eigenvalue weighted by Gasteiger charge is -2.09. The molecule has 3 aromatic heterocycles. The highest BCUT2D eigenvalue weighted by molar-refractivity contribution is 7.89. The zero-order valence-electron chi connectivity index (χ0n) is 15.9. The van der Waals surface area contributed by atoms with Crippen LogP contribution < -0.4 is 4.83 Å². The summed E-state index contributed by atoms with van der Waals surface area (Å²) in [6.07, 6.45) is 8.50. The van der Waals surface area contributed by atoms with Gasteiger partial charge < -0.3 is 0 Å². The first-order chi connectivity index (χ1) is 14.0. The van der Waals surface area contributed by atoms with Crippen LogP contribution in [0.2, 0.25) is 0 Å². The highest BCUT2D eigenvalue weighted by Gasteiger charge is 2.18. The van der Waals surface area contributed by atoms with Gasteiger partial charge in [-0.3, -0.25) is 9.38 Å². The fraction of sp³-hybridized carbons (Fsp3) is 0.0952. The third-order valence-electron chi connectivity index (χ3n) is 4.58. The Balaban J connectivity index is 1.63. The number of rotatable bonds is 5. The predicted octanol–water partition coefficient (Wildman–Crippen LogP) is 3.33. The summed E-state index contributed by atoms with van der Waals surface area (Å²) in [5.41, 5.74) is 4.66. The number of benzene rings is 1. The van der Waals surface area contributed by atoms with Crippen LogP contribution in [0.3, 0.4) is 0 Å². The van der Waals surface area contributed by atoms with E-state index >= 15 is 0 Å². The van der Waals surface area contributed by atoms with E-state index in [0.29, 0.717) is 16.8 Å². The molecule has 7 nitrogen and oxygen atoms in total. The molecule has 0 unspecified atom stereocenters. The molecule has 1 N–H and O–H groups in total. The van der Waals surface area contributed by atoms with Crippen LogP contribution in [-0.2, 0) is 10.0 Å². The quantitative estimate of drug-likeness (QED) is 0.407. The molecule has 3 heterocycles. The number of hydrogen-bond acceptors (Lipinski definition) is 5. The summed E-state index contributed by atoms with van der Waals surface area (Å²) in [6, 6.07) is 13.0. The second-order valence-electron chi connectivity index (χ2n) is 6.64. The van der Waals surface area contributed by atoms with Crippen LogP contribution in [0.1, 0.15) is 16.8 Å². The smallest absolute Gasteiger partial charge is 0.277 e. The first-order valence-electron chi connectivity index (χ1n) is 8.94. The Morgan fingerprint density at radius 2 is 1.79 bits per heavy atom. The molecule has 4 rings (SSSR count). The number of sulfonamides is 1. The predicted molar refractivity (Wildman–Crippen MR) is 112 cm³/mol. The molecule has 146 valence electrons. The van der Waals surface area contributed by atoms with Gasteiger partial charge in [-0.05, 0) is 43.2 Å². The zero-order chi connectivity index (χ0) is 20.4. The molecule has 0 fully saturated rings. The first kappa shape index (κ1) is 18.8. The van der Waals surface area contributed by atoms with Crippen molar-refractivity contribution < 1.29 is 8.42 Å². The first-order valence-corrected chi connectivity index (χ1v) is 10.4. The van der Waals surface area contributed by atoms with Gasteiger partial charge in [-0.25, -0.2) is 4.98 Å². The standard InChI is InChI=1S/C21H19N5O2S/c1-15-5-3-6-16(2)21(15)29(27,28)25-24-13-19-12-23-20-9-8-18(14-26(19)20)17-7-4-10-22-11-17/h3-14,25H,1-2H3. The van der Waals surface area contributed by atoms with Crippen LogP contribution in [0.25, 0.3) is 16.8 Å². The largest absolute Gasteiger partial charge is 0.298 e. The van der Waals surface area contributed by atoms with Crippen LogP contribution in [0.4, 0.5) is 0 Å². The average Bonchev–Trinajstić information content (AvgIpc) is 3.10. The van der Waals surface area contributed by atoms with Crippen molar-refractivity contribution in [1.29, 1.82) is 0 Å². The van der Waals surface area contributed by atoms with Gasteiger partial charge in [0.05, 0.1) is 23.0 Å². The number of pyridine rings is 2. The van der Waals surface area contributed by atoms with Crippen molar-refractivity contribution in [3.63, 3.8) is 0 Å². The SMILES string of the molecule is Cc1cccc(C)c1S(=O)(=O)NN=Cc1cnc2ccc(-c3cccnc3)cn12. The Bertz CT molecular complexity index is 1290. The molecule has 0 radical (unpaired) electrons. The Hall–Kier alpha value is -3.52. The number of aryl methyl sites for hydroxylation is 2. The van der Waals surface area contributed by atoms with Crippen molar-refractivity contribution >= 4 is 21.9 Å². The van der Waals surface area contributed by atoms with Gasteiger partial charge in [-0.1, -0.05) is 24.3 Å². The molecule has 1 aromatic carbocycles. The summed E-state index contributed by atoms with van der Waals surface area (Å²) in [5, 5.41) is 3.96. The monoisotopic (exact) mass is 405 g/mol. The van der Waals surface area contributed by atoms with E-state index in [2.05, 4.69) is 19.9 Å². The van der Waals surface area contributed by atoms with Crippen LogP contribution in [0.15, 0.2) is 77.2 Å². The van der Waals surface area contributed by atoms with Crippen molar-refractivity contribution in [1.82, 2.24) is 19.2 Å².